The van der Waals surface area contributed by atoms with Gasteiger partial charge in [-0.1, -0.05) is 41.9 Å². The average Bonchev–Trinajstić information content (AvgIpc) is 2.42. The van der Waals surface area contributed by atoms with Crippen molar-refractivity contribution in [2.45, 2.75) is 12.8 Å². The molecule has 0 bridgehead atoms. The summed E-state index contributed by atoms with van der Waals surface area (Å²) >= 11 is 5.93. The van der Waals surface area contributed by atoms with Crippen LogP contribution in [0.5, 0.6) is 5.75 Å². The highest BCUT2D eigenvalue weighted by Crippen LogP contribution is 2.26. The molecule has 2 rings (SSSR count). The topological polar surface area (TPSA) is 49.3 Å². The molecular weight excluding hydrogens is 262 g/mol. The Morgan fingerprint density at radius 3 is 2.63 bits per heavy atom. The van der Waals surface area contributed by atoms with Crippen molar-refractivity contribution in [1.29, 1.82) is 0 Å². The van der Waals surface area contributed by atoms with Gasteiger partial charge in [0.05, 0.1) is 10.7 Å². The first kappa shape index (κ1) is 13.4. The molecule has 0 saturated heterocycles. The van der Waals surface area contributed by atoms with Crippen LogP contribution in [0.25, 0.3) is 0 Å². The van der Waals surface area contributed by atoms with Crippen LogP contribution in [0.15, 0.2) is 48.5 Å². The third-order valence-corrected chi connectivity index (χ3v) is 3.04. The maximum absolute atomic E-state index is 11.8. The van der Waals surface area contributed by atoms with Crippen LogP contribution >= 0.6 is 11.6 Å². The van der Waals surface area contributed by atoms with Crippen LogP contribution in [0.4, 0.5) is 5.69 Å². The van der Waals surface area contributed by atoms with Crippen molar-refractivity contribution in [1.82, 2.24) is 0 Å². The van der Waals surface area contributed by atoms with Gasteiger partial charge in [0, 0.05) is 12.5 Å². The van der Waals surface area contributed by atoms with Crippen LogP contribution in [0.2, 0.25) is 5.02 Å². The fourth-order valence-corrected chi connectivity index (χ4v) is 1.89. The monoisotopic (exact) mass is 275 g/mol. The number of hydrogen-bond acceptors (Lipinski definition) is 2. The molecule has 0 atom stereocenters. The number of amides is 1. The molecule has 0 saturated carbocycles. The Kier molecular flexibility index (Phi) is 4.42. The number of hydrogen-bond donors (Lipinski definition) is 2. The molecular formula is C15H14ClNO2. The lowest BCUT2D eigenvalue weighted by atomic mass is 10.1. The van der Waals surface area contributed by atoms with E-state index in [2.05, 4.69) is 5.32 Å². The van der Waals surface area contributed by atoms with Gasteiger partial charge in [0.2, 0.25) is 5.91 Å². The Balaban J connectivity index is 1.93. The van der Waals surface area contributed by atoms with Crippen molar-refractivity contribution in [3.63, 3.8) is 0 Å². The van der Waals surface area contributed by atoms with Crippen molar-refractivity contribution in [3.05, 3.63) is 59.1 Å². The molecule has 0 aliphatic rings. The number of carbonyl (C=O) groups is 1. The number of anilines is 1. The number of aryl methyl sites for hydroxylation is 1. The second kappa shape index (κ2) is 6.25. The van der Waals surface area contributed by atoms with Gasteiger partial charge in [-0.25, -0.2) is 0 Å². The molecule has 2 aromatic rings. The summed E-state index contributed by atoms with van der Waals surface area (Å²) in [5, 5.41) is 12.4. The first-order valence-electron chi connectivity index (χ1n) is 5.97. The van der Waals surface area contributed by atoms with Gasteiger partial charge in [0.1, 0.15) is 5.75 Å². The number of nitrogens with one attached hydrogen (secondary N) is 1. The van der Waals surface area contributed by atoms with Gasteiger partial charge < -0.3 is 10.4 Å². The number of halogens is 1. The predicted molar refractivity (Wildman–Crippen MR) is 76.5 cm³/mol. The average molecular weight is 276 g/mol. The normalized spacial score (nSPS) is 10.2. The van der Waals surface area contributed by atoms with Crippen molar-refractivity contribution >= 4 is 23.2 Å². The maximum Gasteiger partial charge on any atom is 0.224 e. The van der Waals surface area contributed by atoms with Crippen molar-refractivity contribution in [2.75, 3.05) is 5.32 Å². The fraction of sp³-hybridized carbons (Fsp3) is 0.133. The maximum atomic E-state index is 11.8. The summed E-state index contributed by atoms with van der Waals surface area (Å²) in [4.78, 5) is 11.8. The van der Waals surface area contributed by atoms with E-state index in [0.717, 1.165) is 5.56 Å². The Labute approximate surface area is 116 Å². The lowest BCUT2D eigenvalue weighted by Crippen LogP contribution is -2.12. The van der Waals surface area contributed by atoms with Crippen LogP contribution in [0.1, 0.15) is 12.0 Å². The molecule has 3 nitrogen and oxygen atoms in total. The summed E-state index contributed by atoms with van der Waals surface area (Å²) in [5.41, 5.74) is 1.54. The number of phenolic OH excluding ortho intramolecular Hbond substituents is 1. The molecule has 0 spiro atoms. The largest absolute Gasteiger partial charge is 0.508 e. The zero-order chi connectivity index (χ0) is 13.7. The fourth-order valence-electron chi connectivity index (χ4n) is 1.72. The Hall–Kier alpha value is -2.00. The molecule has 0 radical (unpaired) electrons. The molecule has 1 amide bonds. The minimum atomic E-state index is -0.128. The van der Waals surface area contributed by atoms with Crippen LogP contribution in [-0.4, -0.2) is 11.0 Å². The zero-order valence-corrected chi connectivity index (χ0v) is 11.0. The molecule has 0 aliphatic heterocycles. The molecule has 0 aliphatic carbocycles. The summed E-state index contributed by atoms with van der Waals surface area (Å²) < 4.78 is 0. The molecule has 19 heavy (non-hydrogen) atoms. The van der Waals surface area contributed by atoms with E-state index in [0.29, 0.717) is 23.6 Å². The highest BCUT2D eigenvalue weighted by molar-refractivity contribution is 6.33. The van der Waals surface area contributed by atoms with Crippen molar-refractivity contribution < 1.29 is 9.90 Å². The minimum absolute atomic E-state index is 0.0720. The minimum Gasteiger partial charge on any atom is -0.508 e. The number of benzene rings is 2. The Bertz CT molecular complexity index is 570. The smallest absolute Gasteiger partial charge is 0.224 e. The Morgan fingerprint density at radius 1 is 1.16 bits per heavy atom. The summed E-state index contributed by atoms with van der Waals surface area (Å²) in [6.45, 7) is 0. The molecule has 0 fully saturated rings. The molecule has 2 N–H and O–H groups in total. The van der Waals surface area contributed by atoms with Gasteiger partial charge in [0.25, 0.3) is 0 Å². The van der Waals surface area contributed by atoms with Crippen LogP contribution in [0.3, 0.4) is 0 Å². The van der Waals surface area contributed by atoms with E-state index in [-0.39, 0.29) is 11.7 Å². The second-order valence-corrected chi connectivity index (χ2v) is 4.61. The van der Waals surface area contributed by atoms with Gasteiger partial charge in [-0.3, -0.25) is 4.79 Å². The van der Waals surface area contributed by atoms with Crippen LogP contribution in [-0.2, 0) is 11.2 Å². The van der Waals surface area contributed by atoms with E-state index >= 15 is 0 Å². The third kappa shape index (κ3) is 4.00. The highest BCUT2D eigenvalue weighted by atomic mass is 35.5. The molecule has 0 aromatic heterocycles. The van der Waals surface area contributed by atoms with Crippen LogP contribution < -0.4 is 5.32 Å². The number of rotatable bonds is 4. The molecule has 2 aromatic carbocycles. The summed E-state index contributed by atoms with van der Waals surface area (Å²) in [6, 6.07) is 14.2. The molecule has 0 unspecified atom stereocenters. The van der Waals surface area contributed by atoms with Gasteiger partial charge in [0.15, 0.2) is 0 Å². The number of carbonyl (C=O) groups excluding carboxylic acids is 1. The summed E-state index contributed by atoms with van der Waals surface area (Å²) in [5.74, 6) is -0.0564. The van der Waals surface area contributed by atoms with Gasteiger partial charge >= 0.3 is 0 Å². The van der Waals surface area contributed by atoms with Gasteiger partial charge in [-0.05, 0) is 24.1 Å². The third-order valence-electron chi connectivity index (χ3n) is 2.71. The van der Waals surface area contributed by atoms with E-state index < -0.39 is 0 Å². The van der Waals surface area contributed by atoms with Crippen molar-refractivity contribution in [2.24, 2.45) is 0 Å². The van der Waals surface area contributed by atoms with E-state index in [1.807, 2.05) is 30.3 Å². The van der Waals surface area contributed by atoms with E-state index in [4.69, 9.17) is 11.6 Å². The SMILES string of the molecule is O=C(CCc1ccccc1)Nc1cc(O)ccc1Cl. The van der Waals surface area contributed by atoms with E-state index in [9.17, 15) is 9.90 Å². The van der Waals surface area contributed by atoms with E-state index in [1.54, 1.807) is 6.07 Å². The van der Waals surface area contributed by atoms with Crippen molar-refractivity contribution in [3.8, 4) is 5.75 Å². The molecule has 98 valence electrons. The molecule has 4 heteroatoms. The molecule has 0 heterocycles. The van der Waals surface area contributed by atoms with E-state index in [1.165, 1.54) is 12.1 Å². The first-order valence-corrected chi connectivity index (χ1v) is 6.35. The first-order chi connectivity index (χ1) is 9.15. The van der Waals surface area contributed by atoms with Gasteiger partial charge in [-0.2, -0.15) is 0 Å². The summed E-state index contributed by atoms with van der Waals surface area (Å²) in [6.07, 6.45) is 1.04. The lowest BCUT2D eigenvalue weighted by Gasteiger charge is -2.07. The number of phenols is 1. The highest BCUT2D eigenvalue weighted by Gasteiger charge is 2.07. The lowest BCUT2D eigenvalue weighted by molar-refractivity contribution is -0.116. The number of aromatic hydroxyl groups is 1. The second-order valence-electron chi connectivity index (χ2n) is 4.20. The summed E-state index contributed by atoms with van der Waals surface area (Å²) in [7, 11) is 0. The van der Waals surface area contributed by atoms with Gasteiger partial charge in [-0.15, -0.1) is 0 Å². The predicted octanol–water partition coefficient (Wildman–Crippen LogP) is 3.62. The zero-order valence-electron chi connectivity index (χ0n) is 10.3. The quantitative estimate of drug-likeness (QED) is 0.895. The standard InChI is InChI=1S/C15H14ClNO2/c16-13-8-7-12(18)10-14(13)17-15(19)9-6-11-4-2-1-3-5-11/h1-5,7-8,10,18H,6,9H2,(H,17,19). The Morgan fingerprint density at radius 2 is 1.89 bits per heavy atom. The van der Waals surface area contributed by atoms with Crippen LogP contribution in [0, 0.1) is 0 Å².